The molecule has 0 spiro atoms. The van der Waals surface area contributed by atoms with Crippen LogP contribution >= 0.6 is 11.3 Å². The van der Waals surface area contributed by atoms with E-state index in [9.17, 15) is 18.0 Å². The van der Waals surface area contributed by atoms with E-state index in [1.54, 1.807) is 23.2 Å². The lowest BCUT2D eigenvalue weighted by Crippen LogP contribution is -2.37. The predicted molar refractivity (Wildman–Crippen MR) is 106 cm³/mol. The molecule has 3 aromatic rings. The number of thiophene rings is 1. The van der Waals surface area contributed by atoms with Crippen molar-refractivity contribution < 1.29 is 22.7 Å². The van der Waals surface area contributed by atoms with Crippen LogP contribution in [0, 0.1) is 0 Å². The second-order valence-electron chi connectivity index (χ2n) is 6.52. The van der Waals surface area contributed by atoms with Gasteiger partial charge in [0, 0.05) is 30.4 Å². The zero-order valence-electron chi connectivity index (χ0n) is 15.1. The van der Waals surface area contributed by atoms with E-state index in [-0.39, 0.29) is 11.4 Å². The van der Waals surface area contributed by atoms with Crippen molar-refractivity contribution in [3.05, 3.63) is 47.0 Å². The van der Waals surface area contributed by atoms with Crippen LogP contribution < -0.4 is 16.0 Å². The first kappa shape index (κ1) is 19.5. The minimum atomic E-state index is -4.59. The number of halogens is 3. The molecule has 1 saturated heterocycles. The molecule has 1 aliphatic rings. The summed E-state index contributed by atoms with van der Waals surface area (Å²) in [5.41, 5.74) is 4.79. The van der Waals surface area contributed by atoms with Crippen molar-refractivity contribution in [2.24, 2.45) is 0 Å². The Bertz CT molecular complexity index is 1030. The van der Waals surface area contributed by atoms with Crippen LogP contribution in [-0.4, -0.2) is 37.2 Å². The molecule has 1 fully saturated rings. The maximum Gasteiger partial charge on any atom is 0.418 e. The van der Waals surface area contributed by atoms with Crippen molar-refractivity contribution in [3.63, 3.8) is 0 Å². The van der Waals surface area contributed by atoms with Crippen LogP contribution in [0.4, 0.5) is 30.2 Å². The van der Waals surface area contributed by atoms with Crippen molar-refractivity contribution in [2.45, 2.75) is 6.18 Å². The van der Waals surface area contributed by atoms with Crippen LogP contribution in [0.5, 0.6) is 0 Å². The van der Waals surface area contributed by atoms with Crippen molar-refractivity contribution in [1.82, 2.24) is 4.98 Å². The average molecular weight is 422 g/mol. The van der Waals surface area contributed by atoms with Gasteiger partial charge in [-0.1, -0.05) is 6.07 Å². The number of ether oxygens (including phenoxy) is 1. The number of hydrogen-bond acceptors (Lipinski definition) is 6. The number of carbonyl (C=O) groups excluding carboxylic acids is 1. The molecule has 0 atom stereocenters. The van der Waals surface area contributed by atoms with Gasteiger partial charge in [-0.25, -0.2) is 4.98 Å². The largest absolute Gasteiger partial charge is 0.418 e. The van der Waals surface area contributed by atoms with Gasteiger partial charge >= 0.3 is 6.18 Å². The number of aromatic nitrogens is 1. The number of fused-ring (bicyclic) bond motifs is 1. The number of nitrogen functional groups attached to an aromatic ring is 1. The Balaban J connectivity index is 1.71. The van der Waals surface area contributed by atoms with Gasteiger partial charge in [0.15, 0.2) is 0 Å². The fourth-order valence-corrected chi connectivity index (χ4v) is 4.08. The monoisotopic (exact) mass is 422 g/mol. The zero-order chi connectivity index (χ0) is 20.6. The third kappa shape index (κ3) is 3.99. The lowest BCUT2D eigenvalue weighted by molar-refractivity contribution is -0.136. The normalized spacial score (nSPS) is 14.9. The van der Waals surface area contributed by atoms with Crippen LogP contribution in [0.15, 0.2) is 36.5 Å². The summed E-state index contributed by atoms with van der Waals surface area (Å²) < 4.78 is 45.4. The lowest BCUT2D eigenvalue weighted by atomic mass is 10.1. The van der Waals surface area contributed by atoms with Gasteiger partial charge < -0.3 is 20.7 Å². The summed E-state index contributed by atoms with van der Waals surface area (Å²) in [6, 6.07) is 7.46. The summed E-state index contributed by atoms with van der Waals surface area (Å²) in [6.07, 6.45) is -2.96. The van der Waals surface area contributed by atoms with Gasteiger partial charge in [0.05, 0.1) is 35.0 Å². The molecular weight excluding hydrogens is 405 g/mol. The highest BCUT2D eigenvalue weighted by molar-refractivity contribution is 7.20. The summed E-state index contributed by atoms with van der Waals surface area (Å²) in [6.45, 7) is 1.61. The second kappa shape index (κ2) is 7.53. The first-order valence-electron chi connectivity index (χ1n) is 8.82. The van der Waals surface area contributed by atoms with E-state index < -0.39 is 23.3 Å². The highest BCUT2D eigenvalue weighted by Gasteiger charge is 2.35. The highest BCUT2D eigenvalue weighted by Crippen LogP contribution is 2.40. The fourth-order valence-electron chi connectivity index (χ4n) is 3.19. The number of amides is 1. The molecule has 152 valence electrons. The van der Waals surface area contributed by atoms with E-state index in [1.807, 2.05) is 6.07 Å². The minimum Gasteiger partial charge on any atom is -0.398 e. The summed E-state index contributed by atoms with van der Waals surface area (Å²) in [4.78, 5) is 19.8. The molecule has 2 aromatic heterocycles. The van der Waals surface area contributed by atoms with Gasteiger partial charge in [0.2, 0.25) is 0 Å². The van der Waals surface area contributed by atoms with Crippen LogP contribution in [0.3, 0.4) is 0 Å². The number of benzene rings is 1. The standard InChI is InChI=1S/C19H17F3N4O2S/c20-19(21,22)12-9-15(26-4-6-28-7-5-26)14(10-13(12)23)25-17(27)16-8-11-2-1-3-24-18(11)29-16/h1-3,8-10H,4-7,23H2,(H,25,27). The van der Waals surface area contributed by atoms with E-state index in [4.69, 9.17) is 10.5 Å². The van der Waals surface area contributed by atoms with Gasteiger partial charge in [0.25, 0.3) is 5.91 Å². The lowest BCUT2D eigenvalue weighted by Gasteiger charge is -2.31. The highest BCUT2D eigenvalue weighted by atomic mass is 32.1. The third-order valence-corrected chi connectivity index (χ3v) is 5.65. The summed E-state index contributed by atoms with van der Waals surface area (Å²) >= 11 is 1.21. The number of nitrogens with zero attached hydrogens (tertiary/aromatic N) is 2. The van der Waals surface area contributed by atoms with Crippen LogP contribution in [0.1, 0.15) is 15.2 Å². The number of alkyl halides is 3. The number of nitrogens with one attached hydrogen (secondary N) is 1. The molecule has 0 aliphatic carbocycles. The summed E-state index contributed by atoms with van der Waals surface area (Å²) in [5, 5.41) is 3.54. The topological polar surface area (TPSA) is 80.5 Å². The molecule has 10 heteroatoms. The molecule has 0 bridgehead atoms. The molecule has 1 aliphatic heterocycles. The average Bonchev–Trinajstić information content (AvgIpc) is 3.12. The molecule has 3 N–H and O–H groups in total. The number of carbonyl (C=O) groups is 1. The third-order valence-electron chi connectivity index (χ3n) is 4.59. The summed E-state index contributed by atoms with van der Waals surface area (Å²) in [5.74, 6) is -0.429. The van der Waals surface area contributed by atoms with E-state index in [0.717, 1.165) is 17.5 Å². The van der Waals surface area contributed by atoms with Gasteiger partial charge in [-0.05, 0) is 24.3 Å². The Kier molecular flexibility index (Phi) is 5.05. The first-order valence-corrected chi connectivity index (χ1v) is 9.64. The number of pyridine rings is 1. The van der Waals surface area contributed by atoms with E-state index in [0.29, 0.717) is 36.0 Å². The van der Waals surface area contributed by atoms with Gasteiger partial charge in [-0.3, -0.25) is 4.79 Å². The second-order valence-corrected chi connectivity index (χ2v) is 7.55. The van der Waals surface area contributed by atoms with Crippen LogP contribution in [0.2, 0.25) is 0 Å². The molecule has 29 heavy (non-hydrogen) atoms. The number of rotatable bonds is 3. The van der Waals surface area contributed by atoms with Crippen molar-refractivity contribution >= 4 is 44.5 Å². The predicted octanol–water partition coefficient (Wildman–Crippen LogP) is 3.99. The Morgan fingerprint density at radius 1 is 1.24 bits per heavy atom. The number of morpholine rings is 1. The van der Waals surface area contributed by atoms with Gasteiger partial charge in [-0.15, -0.1) is 11.3 Å². The molecule has 0 radical (unpaired) electrons. The van der Waals surface area contributed by atoms with E-state index in [1.165, 1.54) is 11.3 Å². The van der Waals surface area contributed by atoms with Crippen LogP contribution in [-0.2, 0) is 10.9 Å². The van der Waals surface area contributed by atoms with Gasteiger partial charge in [-0.2, -0.15) is 13.2 Å². The number of hydrogen-bond donors (Lipinski definition) is 2. The Hall–Kier alpha value is -2.85. The number of anilines is 3. The summed E-state index contributed by atoms with van der Waals surface area (Å²) in [7, 11) is 0. The van der Waals surface area contributed by atoms with Crippen molar-refractivity contribution in [3.8, 4) is 0 Å². The number of nitrogens with two attached hydrogens (primary N) is 1. The molecule has 0 unspecified atom stereocenters. The van der Waals surface area contributed by atoms with Crippen molar-refractivity contribution in [1.29, 1.82) is 0 Å². The van der Waals surface area contributed by atoms with Gasteiger partial charge in [0.1, 0.15) is 4.83 Å². The Morgan fingerprint density at radius 2 is 2.00 bits per heavy atom. The Morgan fingerprint density at radius 3 is 2.69 bits per heavy atom. The molecule has 0 saturated carbocycles. The van der Waals surface area contributed by atoms with Crippen LogP contribution in [0.25, 0.3) is 10.2 Å². The molecule has 6 nitrogen and oxygen atoms in total. The van der Waals surface area contributed by atoms with Crippen molar-refractivity contribution in [2.75, 3.05) is 42.3 Å². The maximum absolute atomic E-state index is 13.4. The van der Waals surface area contributed by atoms with E-state index >= 15 is 0 Å². The zero-order valence-corrected chi connectivity index (χ0v) is 15.9. The fraction of sp³-hybridized carbons (Fsp3) is 0.263. The first-order chi connectivity index (χ1) is 13.8. The molecule has 3 heterocycles. The molecule has 1 aromatic carbocycles. The SMILES string of the molecule is Nc1cc(NC(=O)c2cc3cccnc3s2)c(N2CCOCC2)cc1C(F)(F)F. The molecule has 4 rings (SSSR count). The quantitative estimate of drug-likeness (QED) is 0.624. The molecule has 1 amide bonds. The minimum absolute atomic E-state index is 0.229. The smallest absolute Gasteiger partial charge is 0.398 e. The maximum atomic E-state index is 13.4. The van der Waals surface area contributed by atoms with E-state index in [2.05, 4.69) is 10.3 Å². The molecular formula is C19H17F3N4O2S. The Labute approximate surface area is 168 Å².